The normalized spacial score (nSPS) is 15.7. The van der Waals surface area contributed by atoms with Crippen LogP contribution < -0.4 is 5.73 Å². The van der Waals surface area contributed by atoms with E-state index in [4.69, 9.17) is 28.9 Å². The Morgan fingerprint density at radius 1 is 1.39 bits per heavy atom. The van der Waals surface area contributed by atoms with Crippen molar-refractivity contribution in [1.29, 1.82) is 0 Å². The zero-order valence-electron chi connectivity index (χ0n) is 10.2. The minimum Gasteiger partial charge on any atom is -0.391 e. The third-order valence-corrected chi connectivity index (χ3v) is 3.83. The van der Waals surface area contributed by atoms with Crippen molar-refractivity contribution in [3.8, 4) is 0 Å². The Morgan fingerprint density at radius 2 is 1.94 bits per heavy atom. The van der Waals surface area contributed by atoms with Crippen LogP contribution in [0.5, 0.6) is 0 Å². The summed E-state index contributed by atoms with van der Waals surface area (Å²) in [6.07, 6.45) is -0.111. The first-order valence-electron chi connectivity index (χ1n) is 5.47. The number of nitrogens with two attached hydrogens (primary N) is 1. The van der Waals surface area contributed by atoms with Crippen LogP contribution in [0.3, 0.4) is 0 Å². The molecular formula is C12H17Cl3FNO. The van der Waals surface area contributed by atoms with E-state index >= 15 is 0 Å². The van der Waals surface area contributed by atoms with Crippen LogP contribution in [0.2, 0.25) is 10.0 Å². The molecule has 0 saturated carbocycles. The average molecular weight is 317 g/mol. The van der Waals surface area contributed by atoms with Gasteiger partial charge in [-0.15, -0.1) is 12.4 Å². The largest absolute Gasteiger partial charge is 0.391 e. The molecule has 0 saturated heterocycles. The monoisotopic (exact) mass is 315 g/mol. The summed E-state index contributed by atoms with van der Waals surface area (Å²) in [5, 5.41) is 10.3. The highest BCUT2D eigenvalue weighted by Gasteiger charge is 2.27. The smallest absolute Gasteiger partial charge is 0.129 e. The predicted octanol–water partition coefficient (Wildman–Crippen LogP) is 3.96. The van der Waals surface area contributed by atoms with E-state index < -0.39 is 18.0 Å². The molecule has 0 aliphatic carbocycles. The van der Waals surface area contributed by atoms with Gasteiger partial charge in [-0.3, -0.25) is 0 Å². The minimum atomic E-state index is -0.879. The highest BCUT2D eigenvalue weighted by molar-refractivity contribution is 6.42. The van der Waals surface area contributed by atoms with Gasteiger partial charge in [0.25, 0.3) is 0 Å². The van der Waals surface area contributed by atoms with Crippen LogP contribution >= 0.6 is 35.6 Å². The fourth-order valence-corrected chi connectivity index (χ4v) is 2.06. The number of aliphatic hydroxyl groups excluding tert-OH is 1. The van der Waals surface area contributed by atoms with Crippen molar-refractivity contribution in [2.24, 2.45) is 11.7 Å². The standard InChI is InChI=1S/C12H16Cl2FNO.ClH/c1-3-6(2)12(17)11(16)9-8(15)5-4-7(13)10(9)14;/h4-6,11-12,17H,3,16H2,1-2H3;1H/t6?,11-,12+;/m1./s1. The fourth-order valence-electron chi connectivity index (χ4n) is 1.61. The van der Waals surface area contributed by atoms with E-state index in [1.54, 1.807) is 0 Å². The molecule has 2 nitrogen and oxygen atoms in total. The summed E-state index contributed by atoms with van der Waals surface area (Å²) in [4.78, 5) is 0. The average Bonchev–Trinajstić information content (AvgIpc) is 2.32. The second-order valence-corrected chi connectivity index (χ2v) is 4.94. The van der Waals surface area contributed by atoms with Crippen LogP contribution in [0, 0.1) is 11.7 Å². The SMILES string of the molecule is CCC(C)[C@H](O)[C@H](N)c1c(F)ccc(Cl)c1Cl.Cl. The fraction of sp³-hybridized carbons (Fsp3) is 0.500. The maximum absolute atomic E-state index is 13.7. The van der Waals surface area contributed by atoms with Crippen LogP contribution in [0.15, 0.2) is 12.1 Å². The molecule has 0 aliphatic rings. The van der Waals surface area contributed by atoms with Crippen LogP contribution in [-0.2, 0) is 0 Å². The van der Waals surface area contributed by atoms with E-state index in [1.165, 1.54) is 12.1 Å². The molecule has 0 fully saturated rings. The lowest BCUT2D eigenvalue weighted by Gasteiger charge is -2.25. The van der Waals surface area contributed by atoms with Gasteiger partial charge in [-0.2, -0.15) is 0 Å². The molecule has 1 aromatic rings. The van der Waals surface area contributed by atoms with Crippen molar-refractivity contribution in [2.75, 3.05) is 0 Å². The zero-order chi connectivity index (χ0) is 13.2. The van der Waals surface area contributed by atoms with Gasteiger partial charge in [-0.1, -0.05) is 43.5 Å². The summed E-state index contributed by atoms with van der Waals surface area (Å²) < 4.78 is 13.7. The van der Waals surface area contributed by atoms with Crippen molar-refractivity contribution >= 4 is 35.6 Å². The first kappa shape index (κ1) is 17.9. The topological polar surface area (TPSA) is 46.2 Å². The van der Waals surface area contributed by atoms with Crippen LogP contribution in [0.1, 0.15) is 31.9 Å². The van der Waals surface area contributed by atoms with Gasteiger partial charge in [-0.05, 0) is 18.1 Å². The molecule has 3 atom stereocenters. The quantitative estimate of drug-likeness (QED) is 0.826. The molecular weight excluding hydrogens is 299 g/mol. The van der Waals surface area contributed by atoms with Crippen LogP contribution in [0.25, 0.3) is 0 Å². The molecule has 1 aromatic carbocycles. The maximum Gasteiger partial charge on any atom is 0.129 e. The van der Waals surface area contributed by atoms with E-state index in [1.807, 2.05) is 13.8 Å². The van der Waals surface area contributed by atoms with Gasteiger partial charge >= 0.3 is 0 Å². The van der Waals surface area contributed by atoms with Gasteiger partial charge in [0.05, 0.1) is 22.2 Å². The Balaban J connectivity index is 0.00000289. The third kappa shape index (κ3) is 3.72. The molecule has 0 amide bonds. The summed E-state index contributed by atoms with van der Waals surface area (Å²) in [6, 6.07) is 1.69. The van der Waals surface area contributed by atoms with Gasteiger partial charge in [-0.25, -0.2) is 4.39 Å². The lowest BCUT2D eigenvalue weighted by Crippen LogP contribution is -2.32. The lowest BCUT2D eigenvalue weighted by atomic mass is 9.91. The molecule has 0 heterocycles. The van der Waals surface area contributed by atoms with Gasteiger partial charge < -0.3 is 10.8 Å². The van der Waals surface area contributed by atoms with E-state index in [9.17, 15) is 9.50 Å². The summed E-state index contributed by atoms with van der Waals surface area (Å²) >= 11 is 11.7. The number of rotatable bonds is 4. The molecule has 0 radical (unpaired) electrons. The Kier molecular flexibility index (Phi) is 7.48. The molecule has 0 aromatic heterocycles. The molecule has 6 heteroatoms. The van der Waals surface area contributed by atoms with E-state index in [0.29, 0.717) is 0 Å². The number of hydrogen-bond acceptors (Lipinski definition) is 2. The molecule has 0 bridgehead atoms. The minimum absolute atomic E-state index is 0. The molecule has 18 heavy (non-hydrogen) atoms. The van der Waals surface area contributed by atoms with Crippen molar-refractivity contribution in [1.82, 2.24) is 0 Å². The molecule has 1 rings (SSSR count). The number of halogens is 4. The molecule has 104 valence electrons. The van der Waals surface area contributed by atoms with E-state index in [2.05, 4.69) is 0 Å². The summed E-state index contributed by atoms with van der Waals surface area (Å²) in [5.74, 6) is -0.589. The van der Waals surface area contributed by atoms with Gasteiger partial charge in [0.2, 0.25) is 0 Å². The predicted molar refractivity (Wildman–Crippen MR) is 76.1 cm³/mol. The molecule has 0 spiro atoms. The number of aliphatic hydroxyl groups is 1. The Hall–Kier alpha value is -0.0600. The van der Waals surface area contributed by atoms with Gasteiger partial charge in [0, 0.05) is 5.56 Å². The highest BCUT2D eigenvalue weighted by atomic mass is 35.5. The summed E-state index contributed by atoms with van der Waals surface area (Å²) in [7, 11) is 0. The van der Waals surface area contributed by atoms with Crippen molar-refractivity contribution < 1.29 is 9.50 Å². The Morgan fingerprint density at radius 3 is 2.44 bits per heavy atom. The molecule has 3 N–H and O–H groups in total. The Bertz CT molecular complexity index is 403. The summed E-state index contributed by atoms with van der Waals surface area (Å²) in [6.45, 7) is 3.78. The first-order chi connectivity index (χ1) is 7.90. The second-order valence-electron chi connectivity index (χ2n) is 4.16. The second kappa shape index (κ2) is 7.51. The van der Waals surface area contributed by atoms with Crippen molar-refractivity contribution in [3.05, 3.63) is 33.6 Å². The number of hydrogen-bond donors (Lipinski definition) is 2. The summed E-state index contributed by atoms with van der Waals surface area (Å²) in [5.41, 5.74) is 5.93. The Labute approximate surface area is 123 Å². The van der Waals surface area contributed by atoms with Gasteiger partial charge in [0.1, 0.15) is 5.82 Å². The third-order valence-electron chi connectivity index (χ3n) is 3.01. The maximum atomic E-state index is 13.7. The molecule has 1 unspecified atom stereocenters. The van der Waals surface area contributed by atoms with Gasteiger partial charge in [0.15, 0.2) is 0 Å². The van der Waals surface area contributed by atoms with Crippen molar-refractivity contribution in [2.45, 2.75) is 32.4 Å². The highest BCUT2D eigenvalue weighted by Crippen LogP contribution is 2.34. The van der Waals surface area contributed by atoms with E-state index in [-0.39, 0.29) is 33.9 Å². The van der Waals surface area contributed by atoms with E-state index in [0.717, 1.165) is 6.42 Å². The van der Waals surface area contributed by atoms with Crippen LogP contribution in [0.4, 0.5) is 4.39 Å². The molecule has 0 aliphatic heterocycles. The zero-order valence-corrected chi connectivity index (χ0v) is 12.5. The van der Waals surface area contributed by atoms with Crippen molar-refractivity contribution in [3.63, 3.8) is 0 Å². The number of benzene rings is 1. The first-order valence-corrected chi connectivity index (χ1v) is 6.22. The van der Waals surface area contributed by atoms with Crippen LogP contribution in [-0.4, -0.2) is 11.2 Å². The lowest BCUT2D eigenvalue weighted by molar-refractivity contribution is 0.0868.